The van der Waals surface area contributed by atoms with Crippen LogP contribution in [0.1, 0.15) is 274 Å². The molecule has 0 unspecified atom stereocenters. The van der Waals surface area contributed by atoms with Crippen molar-refractivity contribution >= 4 is 103 Å². The monoisotopic (exact) mass is 1450 g/mol. The van der Waals surface area contributed by atoms with E-state index in [2.05, 4.69) is 435 Å². The Morgan fingerprint density at radius 1 is 0.250 bits per heavy atom. The van der Waals surface area contributed by atoms with Crippen molar-refractivity contribution < 1.29 is 0 Å². The van der Waals surface area contributed by atoms with Crippen LogP contribution in [0.5, 0.6) is 0 Å². The van der Waals surface area contributed by atoms with Gasteiger partial charge in [-0.25, -0.2) is 0 Å². The predicted molar refractivity (Wildman–Crippen MR) is 478 cm³/mol. The molecule has 2 heterocycles. The number of aryl methyl sites for hydroxylation is 2. The quantitative estimate of drug-likeness (QED) is 0.141. The molecular formula is C102H128BClN4. The Balaban J connectivity index is 0.000000215. The lowest BCUT2D eigenvalue weighted by Gasteiger charge is -2.45. The lowest BCUT2D eigenvalue weighted by atomic mass is 9.33. The van der Waals surface area contributed by atoms with Gasteiger partial charge in [-0.3, -0.25) is 0 Å². The number of halogens is 1. The molecule has 566 valence electrons. The molecule has 0 radical (unpaired) electrons. The maximum atomic E-state index is 7.88. The second-order valence-corrected chi connectivity index (χ2v) is 42.3. The van der Waals surface area contributed by atoms with Crippen molar-refractivity contribution in [2.45, 2.75) is 276 Å². The van der Waals surface area contributed by atoms with Gasteiger partial charge in [0.15, 0.2) is 0 Å². The maximum Gasteiger partial charge on any atom is 0.252 e. The largest absolute Gasteiger partial charge is 0.311 e. The Kier molecular flexibility index (Phi) is 21.1. The van der Waals surface area contributed by atoms with E-state index in [-0.39, 0.29) is 60.9 Å². The van der Waals surface area contributed by atoms with Crippen molar-refractivity contribution in [2.75, 3.05) is 19.6 Å². The van der Waals surface area contributed by atoms with Gasteiger partial charge < -0.3 is 19.6 Å². The Morgan fingerprint density at radius 3 is 1.00 bits per heavy atom. The second-order valence-electron chi connectivity index (χ2n) is 41.9. The Hall–Kier alpha value is -8.25. The molecule has 2 aliphatic heterocycles. The van der Waals surface area contributed by atoms with E-state index in [1.165, 1.54) is 112 Å². The standard InChI is InChI=1S/C51H63BN2.C51H65ClN2/c1-32-25-44-46-45(26-32)54(39-28-36(50(11,12)13)27-37(29-39)51(14,15)16)43-31-35(49(8,9)10)19-23-40(43)52(46)41-30-34(48(5,6)7)20-24-42(41)53(44)38-21-17-33(18-22-38)47(2,3)4;1-34-28-44(53(40-24-20-35(21-25-40)47(2,3)4)41-26-22-36(23-27-41)48(5,6)7)46(52)45(29-34)54(42-19-17-18-37(31-42)49(8,9)10)43-32-38(50(11,12)13)30-39(33-43)51(14,15)16/h17-31H,1-16H3;17-33H,1-16H3. The highest BCUT2D eigenvalue weighted by Gasteiger charge is 2.45. The summed E-state index contributed by atoms with van der Waals surface area (Å²) in [5.41, 5.74) is 33.6. The molecule has 0 aliphatic carbocycles. The van der Waals surface area contributed by atoms with Crippen molar-refractivity contribution in [1.29, 1.82) is 0 Å². The molecule has 10 aromatic rings. The highest BCUT2D eigenvalue weighted by Crippen LogP contribution is 2.52. The summed E-state index contributed by atoms with van der Waals surface area (Å²) >= 11 is 7.88. The fourth-order valence-electron chi connectivity index (χ4n) is 15.2. The van der Waals surface area contributed by atoms with Crippen LogP contribution >= 0.6 is 11.6 Å². The number of rotatable bonds is 8. The fraction of sp³-hybridized carbons (Fsp3) is 0.412. The van der Waals surface area contributed by atoms with E-state index < -0.39 is 0 Å². The molecule has 0 N–H and O–H groups in total. The van der Waals surface area contributed by atoms with E-state index in [1.807, 2.05) is 0 Å². The van der Waals surface area contributed by atoms with Gasteiger partial charge in [-0.1, -0.05) is 304 Å². The molecule has 0 atom stereocenters. The summed E-state index contributed by atoms with van der Waals surface area (Å²) in [5, 5.41) is 0.694. The summed E-state index contributed by atoms with van der Waals surface area (Å²) in [6.45, 7) is 73.7. The average molecular weight is 1460 g/mol. The predicted octanol–water partition coefficient (Wildman–Crippen LogP) is 28.6. The molecule has 0 spiro atoms. The van der Waals surface area contributed by atoms with Gasteiger partial charge in [0.25, 0.3) is 6.71 Å². The number of benzene rings is 10. The van der Waals surface area contributed by atoms with Gasteiger partial charge in [-0.05, 0) is 260 Å². The summed E-state index contributed by atoms with van der Waals surface area (Å²) in [5.74, 6) is 0. The van der Waals surface area contributed by atoms with Gasteiger partial charge in [0.1, 0.15) is 0 Å². The van der Waals surface area contributed by atoms with Crippen LogP contribution in [0.15, 0.2) is 194 Å². The number of hydrogen-bond donors (Lipinski definition) is 0. The Morgan fingerprint density at radius 2 is 0.583 bits per heavy atom. The zero-order chi connectivity index (χ0) is 79.7. The molecule has 0 fully saturated rings. The fourth-order valence-corrected chi connectivity index (χ4v) is 15.5. The zero-order valence-electron chi connectivity index (χ0n) is 72.2. The summed E-state index contributed by atoms with van der Waals surface area (Å²) in [6.07, 6.45) is 0. The molecule has 0 aromatic heterocycles. The number of fused-ring (bicyclic) bond motifs is 4. The van der Waals surface area contributed by atoms with Crippen LogP contribution < -0.4 is 36.0 Å². The molecule has 0 bridgehead atoms. The summed E-state index contributed by atoms with van der Waals surface area (Å²) < 4.78 is 0. The third-order valence-electron chi connectivity index (χ3n) is 22.4. The van der Waals surface area contributed by atoms with Crippen LogP contribution in [0, 0.1) is 13.8 Å². The van der Waals surface area contributed by atoms with E-state index in [9.17, 15) is 0 Å². The molecular weight excluding hydrogens is 1330 g/mol. The minimum atomic E-state index is -0.0499. The molecule has 108 heavy (non-hydrogen) atoms. The van der Waals surface area contributed by atoms with E-state index in [0.29, 0.717) is 5.02 Å². The second kappa shape index (κ2) is 28.3. The van der Waals surface area contributed by atoms with Crippen LogP contribution in [0.4, 0.5) is 68.2 Å². The molecule has 0 saturated carbocycles. The van der Waals surface area contributed by atoms with Gasteiger partial charge in [0, 0.05) is 56.9 Å². The highest BCUT2D eigenvalue weighted by atomic mass is 35.5. The van der Waals surface area contributed by atoms with Crippen LogP contribution in [0.2, 0.25) is 5.02 Å². The van der Waals surface area contributed by atoms with Crippen molar-refractivity contribution in [3.8, 4) is 0 Å². The first kappa shape index (κ1) is 80.8. The number of hydrogen-bond acceptors (Lipinski definition) is 4. The molecule has 0 saturated heterocycles. The first-order chi connectivity index (χ1) is 49.6. The van der Waals surface area contributed by atoms with Crippen LogP contribution in [0.25, 0.3) is 0 Å². The normalized spacial score (nSPS) is 13.7. The molecule has 4 nitrogen and oxygen atoms in total. The van der Waals surface area contributed by atoms with Crippen LogP contribution in [-0.4, -0.2) is 6.71 Å². The Labute approximate surface area is 659 Å². The van der Waals surface area contributed by atoms with Crippen molar-refractivity contribution in [2.24, 2.45) is 0 Å². The molecule has 12 rings (SSSR count). The van der Waals surface area contributed by atoms with Crippen molar-refractivity contribution in [1.82, 2.24) is 0 Å². The third-order valence-corrected chi connectivity index (χ3v) is 22.8. The number of nitrogens with zero attached hydrogens (tertiary/aromatic N) is 4. The maximum absolute atomic E-state index is 7.88. The highest BCUT2D eigenvalue weighted by molar-refractivity contribution is 7.00. The molecule has 0 amide bonds. The SMILES string of the molecule is Cc1cc(N(c2ccc(C(C)(C)C)cc2)c2ccc(C(C)(C)C)cc2)c(Cl)c(N(c2cccc(C(C)(C)C)c2)c2cc(C(C)(C)C)cc(C(C)(C)C)c2)c1.Cc1cc2c3c(c1)N(c1cc(C(C)(C)C)cc(C(C)(C)C)c1)c1cc(C(C)(C)C)ccc1B3c1cc(C(C)(C)C)ccc1N2c1ccc(C(C)(C)C)cc1. The minimum absolute atomic E-state index is 0.00244. The summed E-state index contributed by atoms with van der Waals surface area (Å²) in [6, 6.07) is 74.8. The molecule has 10 aromatic carbocycles. The average Bonchev–Trinajstić information content (AvgIpc) is 0.694. The topological polar surface area (TPSA) is 13.0 Å². The first-order valence-electron chi connectivity index (χ1n) is 39.8. The minimum Gasteiger partial charge on any atom is -0.311 e. The van der Waals surface area contributed by atoms with Gasteiger partial charge in [0.2, 0.25) is 0 Å². The van der Waals surface area contributed by atoms with Crippen molar-refractivity contribution in [3.63, 3.8) is 0 Å². The van der Waals surface area contributed by atoms with Crippen LogP contribution in [-0.2, 0) is 54.1 Å². The van der Waals surface area contributed by atoms with Gasteiger partial charge >= 0.3 is 0 Å². The third kappa shape index (κ3) is 16.7. The van der Waals surface area contributed by atoms with E-state index in [0.717, 1.165) is 39.7 Å². The Bertz CT molecular complexity index is 4850. The summed E-state index contributed by atoms with van der Waals surface area (Å²) in [4.78, 5) is 9.89. The lowest BCUT2D eigenvalue weighted by Crippen LogP contribution is -2.61. The molecule has 6 heteroatoms. The summed E-state index contributed by atoms with van der Waals surface area (Å²) in [7, 11) is 0. The van der Waals surface area contributed by atoms with E-state index in [4.69, 9.17) is 11.6 Å². The molecule has 2 aliphatic rings. The first-order valence-corrected chi connectivity index (χ1v) is 40.2. The van der Waals surface area contributed by atoms with Gasteiger partial charge in [-0.15, -0.1) is 0 Å². The van der Waals surface area contributed by atoms with Gasteiger partial charge in [0.05, 0.1) is 16.4 Å². The smallest absolute Gasteiger partial charge is 0.252 e. The zero-order valence-corrected chi connectivity index (χ0v) is 73.0. The van der Waals surface area contributed by atoms with Crippen LogP contribution in [0.3, 0.4) is 0 Å². The van der Waals surface area contributed by atoms with Gasteiger partial charge in [-0.2, -0.15) is 0 Å². The van der Waals surface area contributed by atoms with E-state index >= 15 is 0 Å². The lowest BCUT2D eigenvalue weighted by molar-refractivity contribution is 0.568. The van der Waals surface area contributed by atoms with E-state index in [1.54, 1.807) is 0 Å². The number of anilines is 12. The van der Waals surface area contributed by atoms with Crippen molar-refractivity contribution in [3.05, 3.63) is 266 Å².